The molecule has 2 fully saturated rings. The highest BCUT2D eigenvalue weighted by molar-refractivity contribution is 7.09. The molecule has 4 rings (SSSR count). The van der Waals surface area contributed by atoms with Gasteiger partial charge in [-0.3, -0.25) is 4.79 Å². The normalized spacial score (nSPS) is 19.4. The molecule has 32 heavy (non-hydrogen) atoms. The smallest absolute Gasteiger partial charge is 0.229 e. The zero-order valence-electron chi connectivity index (χ0n) is 19.1. The van der Waals surface area contributed by atoms with Crippen LogP contribution in [-0.4, -0.2) is 62.0 Å². The van der Waals surface area contributed by atoms with Gasteiger partial charge in [0.15, 0.2) is 11.5 Å². The summed E-state index contributed by atoms with van der Waals surface area (Å²) < 4.78 is 22.7. The van der Waals surface area contributed by atoms with Crippen LogP contribution < -0.4 is 9.47 Å². The lowest BCUT2D eigenvalue weighted by Gasteiger charge is -2.37. The van der Waals surface area contributed by atoms with Crippen LogP contribution >= 0.6 is 11.3 Å². The Balaban J connectivity index is 1.48. The molecule has 174 valence electrons. The van der Waals surface area contributed by atoms with E-state index in [9.17, 15) is 4.79 Å². The van der Waals surface area contributed by atoms with Crippen LogP contribution in [0.3, 0.4) is 0 Å². The van der Waals surface area contributed by atoms with Crippen molar-refractivity contribution in [2.75, 3.05) is 40.1 Å². The van der Waals surface area contributed by atoms with Crippen molar-refractivity contribution in [3.63, 3.8) is 0 Å². The highest BCUT2D eigenvalue weighted by Gasteiger charge is 2.34. The summed E-state index contributed by atoms with van der Waals surface area (Å²) >= 11 is 1.57. The van der Waals surface area contributed by atoms with Crippen LogP contribution in [-0.2, 0) is 27.2 Å². The second kappa shape index (κ2) is 10.2. The predicted molar refractivity (Wildman–Crippen MR) is 122 cm³/mol. The molecule has 0 saturated carbocycles. The Labute approximate surface area is 193 Å². The second-order valence-electron chi connectivity index (χ2n) is 9.02. The van der Waals surface area contributed by atoms with E-state index in [4.69, 9.17) is 18.9 Å². The lowest BCUT2D eigenvalue weighted by molar-refractivity contribution is -0.132. The maximum atomic E-state index is 13.2. The van der Waals surface area contributed by atoms with Gasteiger partial charge in [-0.25, -0.2) is 4.98 Å². The van der Waals surface area contributed by atoms with Crippen molar-refractivity contribution in [2.24, 2.45) is 5.41 Å². The largest absolute Gasteiger partial charge is 0.493 e. The molecule has 2 aliphatic heterocycles. The van der Waals surface area contributed by atoms with E-state index >= 15 is 0 Å². The molecule has 2 saturated heterocycles. The number of amides is 1. The van der Waals surface area contributed by atoms with Gasteiger partial charge in [0.2, 0.25) is 5.91 Å². The molecule has 0 N–H and O–H groups in total. The number of carbonyl (C=O) groups is 1. The highest BCUT2D eigenvalue weighted by Crippen LogP contribution is 2.33. The van der Waals surface area contributed by atoms with Crippen LogP contribution in [0.15, 0.2) is 23.6 Å². The number of aryl methyl sites for hydroxylation is 1. The summed E-state index contributed by atoms with van der Waals surface area (Å²) in [5.74, 6) is 1.44. The van der Waals surface area contributed by atoms with Gasteiger partial charge in [0.1, 0.15) is 0 Å². The standard InChI is InChI=1S/C24H32N2O5S/c1-17-25-19(13-32-17)10-23(27)26(12-20-5-4-8-30-20)11-18-6-7-21(28-3)22(9-18)31-16-24(2)14-29-15-24/h6-7,9,13,20H,4-5,8,10-12,14-16H2,1-3H3. The third-order valence-electron chi connectivity index (χ3n) is 5.88. The first-order valence-electron chi connectivity index (χ1n) is 11.1. The molecule has 0 spiro atoms. The van der Waals surface area contributed by atoms with Gasteiger partial charge in [-0.1, -0.05) is 13.0 Å². The molecule has 1 unspecified atom stereocenters. The van der Waals surface area contributed by atoms with Crippen molar-refractivity contribution in [3.8, 4) is 11.5 Å². The molecule has 0 aliphatic carbocycles. The minimum Gasteiger partial charge on any atom is -0.493 e. The molecule has 1 aromatic heterocycles. The summed E-state index contributed by atoms with van der Waals surface area (Å²) in [7, 11) is 1.64. The fourth-order valence-corrected chi connectivity index (χ4v) is 4.60. The van der Waals surface area contributed by atoms with E-state index in [1.54, 1.807) is 18.4 Å². The van der Waals surface area contributed by atoms with Gasteiger partial charge in [0.05, 0.1) is 50.2 Å². The Hall–Kier alpha value is -2.16. The van der Waals surface area contributed by atoms with Gasteiger partial charge in [0.25, 0.3) is 0 Å². The van der Waals surface area contributed by atoms with E-state index in [1.807, 2.05) is 35.4 Å². The van der Waals surface area contributed by atoms with Crippen LogP contribution in [0.25, 0.3) is 0 Å². The highest BCUT2D eigenvalue weighted by atomic mass is 32.1. The summed E-state index contributed by atoms with van der Waals surface area (Å²) in [5, 5.41) is 2.93. The van der Waals surface area contributed by atoms with Crippen LogP contribution in [0, 0.1) is 12.3 Å². The van der Waals surface area contributed by atoms with Crippen molar-refractivity contribution in [2.45, 2.75) is 45.8 Å². The SMILES string of the molecule is COc1ccc(CN(CC2CCCO2)C(=O)Cc2csc(C)n2)cc1OCC1(C)COC1. The average Bonchev–Trinajstić information content (AvgIpc) is 3.42. The van der Waals surface area contributed by atoms with Gasteiger partial charge < -0.3 is 23.8 Å². The molecule has 3 heterocycles. The number of thiazole rings is 1. The van der Waals surface area contributed by atoms with Crippen LogP contribution in [0.1, 0.15) is 36.0 Å². The van der Waals surface area contributed by atoms with Gasteiger partial charge in [-0.05, 0) is 37.5 Å². The fraction of sp³-hybridized carbons (Fsp3) is 0.583. The molecule has 1 aromatic carbocycles. The number of aromatic nitrogens is 1. The monoisotopic (exact) mass is 460 g/mol. The average molecular weight is 461 g/mol. The summed E-state index contributed by atoms with van der Waals surface area (Å²) in [6.45, 7) is 7.91. The number of methoxy groups -OCH3 is 1. The number of hydrogen-bond donors (Lipinski definition) is 0. The minimum atomic E-state index is 0.0362. The van der Waals surface area contributed by atoms with Crippen molar-refractivity contribution in [1.82, 2.24) is 9.88 Å². The topological polar surface area (TPSA) is 70.1 Å². The van der Waals surface area contributed by atoms with E-state index in [0.717, 1.165) is 35.7 Å². The number of rotatable bonds is 10. The quantitative estimate of drug-likeness (QED) is 0.539. The maximum Gasteiger partial charge on any atom is 0.229 e. The van der Waals surface area contributed by atoms with E-state index in [-0.39, 0.29) is 17.4 Å². The van der Waals surface area contributed by atoms with Crippen LogP contribution in [0.2, 0.25) is 0 Å². The first-order valence-corrected chi connectivity index (χ1v) is 12.0. The van der Waals surface area contributed by atoms with Gasteiger partial charge in [-0.2, -0.15) is 0 Å². The van der Waals surface area contributed by atoms with Gasteiger partial charge >= 0.3 is 0 Å². The zero-order chi connectivity index (χ0) is 22.6. The molecule has 0 radical (unpaired) electrons. The number of hydrogen-bond acceptors (Lipinski definition) is 7. The summed E-state index contributed by atoms with van der Waals surface area (Å²) in [6, 6.07) is 5.87. The molecule has 1 amide bonds. The van der Waals surface area contributed by atoms with Crippen molar-refractivity contribution >= 4 is 17.2 Å². The predicted octanol–water partition coefficient (Wildman–Crippen LogP) is 3.63. The Morgan fingerprint density at radius 2 is 2.19 bits per heavy atom. The molecule has 8 heteroatoms. The Bertz CT molecular complexity index is 921. The van der Waals surface area contributed by atoms with Crippen molar-refractivity contribution < 1.29 is 23.7 Å². The number of ether oxygens (including phenoxy) is 4. The van der Waals surface area contributed by atoms with E-state index < -0.39 is 0 Å². The molecule has 7 nitrogen and oxygen atoms in total. The zero-order valence-corrected chi connectivity index (χ0v) is 19.9. The molecule has 2 aromatic rings. The van der Waals surface area contributed by atoms with Gasteiger partial charge in [-0.15, -0.1) is 11.3 Å². The number of benzene rings is 1. The van der Waals surface area contributed by atoms with Crippen molar-refractivity contribution in [3.05, 3.63) is 39.8 Å². The Morgan fingerprint density at radius 1 is 1.34 bits per heavy atom. The van der Waals surface area contributed by atoms with Crippen LogP contribution in [0.5, 0.6) is 11.5 Å². The lowest BCUT2D eigenvalue weighted by Crippen LogP contribution is -2.44. The summed E-state index contributed by atoms with van der Waals surface area (Å²) in [6.07, 6.45) is 2.41. The van der Waals surface area contributed by atoms with Gasteiger partial charge in [0, 0.05) is 30.5 Å². The third-order valence-corrected chi connectivity index (χ3v) is 6.70. The molecule has 0 bridgehead atoms. The Morgan fingerprint density at radius 3 is 2.81 bits per heavy atom. The summed E-state index contributed by atoms with van der Waals surface area (Å²) in [4.78, 5) is 19.5. The molecule has 2 aliphatic rings. The number of carbonyl (C=O) groups excluding carboxylic acids is 1. The van der Waals surface area contributed by atoms with E-state index in [1.165, 1.54) is 0 Å². The fourth-order valence-electron chi connectivity index (χ4n) is 3.98. The minimum absolute atomic E-state index is 0.0362. The molecule has 1 atom stereocenters. The second-order valence-corrected chi connectivity index (χ2v) is 10.1. The summed E-state index contributed by atoms with van der Waals surface area (Å²) in [5.41, 5.74) is 1.86. The molecular formula is C24H32N2O5S. The third kappa shape index (κ3) is 5.79. The van der Waals surface area contributed by atoms with Crippen LogP contribution in [0.4, 0.5) is 0 Å². The molecular weight excluding hydrogens is 428 g/mol. The number of nitrogens with zero attached hydrogens (tertiary/aromatic N) is 2. The first-order chi connectivity index (χ1) is 15.4. The maximum absolute atomic E-state index is 13.2. The van der Waals surface area contributed by atoms with Crippen molar-refractivity contribution in [1.29, 1.82) is 0 Å². The first kappa shape index (κ1) is 23.0. The Kier molecular flexibility index (Phi) is 7.33. The lowest BCUT2D eigenvalue weighted by atomic mass is 9.90. The van der Waals surface area contributed by atoms with E-state index in [0.29, 0.717) is 50.8 Å². The van der Waals surface area contributed by atoms with E-state index in [2.05, 4.69) is 11.9 Å².